The largest absolute Gasteiger partial charge is 0.356 e. The SMILES string of the molecule is Cc1cncnc1N1CCC(Cc2nncn2C)CC1. The van der Waals surface area contributed by atoms with E-state index in [0.29, 0.717) is 5.92 Å². The average molecular weight is 272 g/mol. The Morgan fingerprint density at radius 2 is 2.10 bits per heavy atom. The highest BCUT2D eigenvalue weighted by Gasteiger charge is 2.22. The van der Waals surface area contributed by atoms with Crippen molar-refractivity contribution < 1.29 is 0 Å². The number of aryl methyl sites for hydroxylation is 2. The molecule has 0 bridgehead atoms. The molecule has 2 aromatic rings. The number of hydrogen-bond acceptors (Lipinski definition) is 5. The Labute approximate surface area is 118 Å². The molecule has 6 heteroatoms. The Morgan fingerprint density at radius 1 is 1.30 bits per heavy atom. The Kier molecular flexibility index (Phi) is 3.62. The van der Waals surface area contributed by atoms with Crippen LogP contribution in [0.1, 0.15) is 24.2 Å². The van der Waals surface area contributed by atoms with Crippen LogP contribution >= 0.6 is 0 Å². The zero-order valence-corrected chi connectivity index (χ0v) is 12.0. The van der Waals surface area contributed by atoms with E-state index in [2.05, 4.69) is 32.0 Å². The molecule has 0 aliphatic carbocycles. The maximum absolute atomic E-state index is 4.41. The van der Waals surface area contributed by atoms with E-state index in [1.165, 1.54) is 12.8 Å². The third kappa shape index (κ3) is 2.64. The Bertz CT molecular complexity index is 571. The molecule has 1 fully saturated rings. The number of nitrogens with zero attached hydrogens (tertiary/aromatic N) is 6. The molecule has 0 atom stereocenters. The first-order chi connectivity index (χ1) is 9.74. The summed E-state index contributed by atoms with van der Waals surface area (Å²) < 4.78 is 2.01. The highest BCUT2D eigenvalue weighted by molar-refractivity contribution is 5.44. The molecule has 0 N–H and O–H groups in total. The number of aromatic nitrogens is 5. The van der Waals surface area contributed by atoms with E-state index in [1.807, 2.05) is 17.8 Å². The van der Waals surface area contributed by atoms with Crippen LogP contribution in [0, 0.1) is 12.8 Å². The molecule has 20 heavy (non-hydrogen) atoms. The average Bonchev–Trinajstić information content (AvgIpc) is 2.86. The summed E-state index contributed by atoms with van der Waals surface area (Å²) in [6.07, 6.45) is 8.66. The molecular weight excluding hydrogens is 252 g/mol. The maximum atomic E-state index is 4.41. The molecule has 0 amide bonds. The van der Waals surface area contributed by atoms with Gasteiger partial charge in [-0.15, -0.1) is 10.2 Å². The van der Waals surface area contributed by atoms with Crippen LogP contribution in [0.15, 0.2) is 18.9 Å². The van der Waals surface area contributed by atoms with Crippen LogP contribution in [-0.2, 0) is 13.5 Å². The lowest BCUT2D eigenvalue weighted by Gasteiger charge is -2.33. The summed E-state index contributed by atoms with van der Waals surface area (Å²) in [6.45, 7) is 4.18. The second kappa shape index (κ2) is 5.56. The molecule has 0 saturated carbocycles. The van der Waals surface area contributed by atoms with E-state index in [1.54, 1.807) is 12.7 Å². The number of piperidine rings is 1. The summed E-state index contributed by atoms with van der Waals surface area (Å²) in [6, 6.07) is 0. The molecule has 0 unspecified atom stereocenters. The van der Waals surface area contributed by atoms with Crippen LogP contribution in [-0.4, -0.2) is 37.8 Å². The van der Waals surface area contributed by atoms with Gasteiger partial charge < -0.3 is 9.47 Å². The van der Waals surface area contributed by atoms with Gasteiger partial charge in [0.2, 0.25) is 0 Å². The molecule has 0 spiro atoms. The molecule has 3 heterocycles. The van der Waals surface area contributed by atoms with Crippen LogP contribution in [0.5, 0.6) is 0 Å². The lowest BCUT2D eigenvalue weighted by molar-refractivity contribution is 0.391. The van der Waals surface area contributed by atoms with Gasteiger partial charge in [-0.25, -0.2) is 9.97 Å². The Morgan fingerprint density at radius 3 is 2.75 bits per heavy atom. The van der Waals surface area contributed by atoms with E-state index in [4.69, 9.17) is 0 Å². The van der Waals surface area contributed by atoms with Crippen molar-refractivity contribution in [2.75, 3.05) is 18.0 Å². The smallest absolute Gasteiger partial charge is 0.134 e. The fourth-order valence-electron chi connectivity index (χ4n) is 2.82. The van der Waals surface area contributed by atoms with Gasteiger partial charge in [0.1, 0.15) is 24.3 Å². The van der Waals surface area contributed by atoms with Gasteiger partial charge in [-0.3, -0.25) is 0 Å². The van der Waals surface area contributed by atoms with Crippen molar-refractivity contribution in [2.45, 2.75) is 26.2 Å². The summed E-state index contributed by atoms with van der Waals surface area (Å²) in [4.78, 5) is 10.8. The summed E-state index contributed by atoms with van der Waals surface area (Å²) in [7, 11) is 2.01. The molecule has 1 saturated heterocycles. The summed E-state index contributed by atoms with van der Waals surface area (Å²) >= 11 is 0. The zero-order chi connectivity index (χ0) is 13.9. The van der Waals surface area contributed by atoms with Crippen LogP contribution in [0.25, 0.3) is 0 Å². The topological polar surface area (TPSA) is 59.7 Å². The lowest BCUT2D eigenvalue weighted by Crippen LogP contribution is -2.35. The summed E-state index contributed by atoms with van der Waals surface area (Å²) in [5.41, 5.74) is 1.15. The van der Waals surface area contributed by atoms with Gasteiger partial charge in [0.15, 0.2) is 0 Å². The van der Waals surface area contributed by atoms with Gasteiger partial charge in [-0.05, 0) is 25.7 Å². The van der Waals surface area contributed by atoms with Crippen molar-refractivity contribution in [1.82, 2.24) is 24.7 Å². The van der Waals surface area contributed by atoms with Crippen molar-refractivity contribution in [2.24, 2.45) is 13.0 Å². The molecule has 1 aliphatic rings. The second-order valence-corrected chi connectivity index (χ2v) is 5.52. The quantitative estimate of drug-likeness (QED) is 0.844. The molecule has 3 rings (SSSR count). The van der Waals surface area contributed by atoms with Gasteiger partial charge in [-0.1, -0.05) is 0 Å². The van der Waals surface area contributed by atoms with E-state index in [0.717, 1.165) is 36.7 Å². The minimum Gasteiger partial charge on any atom is -0.356 e. The van der Waals surface area contributed by atoms with Gasteiger partial charge in [-0.2, -0.15) is 0 Å². The van der Waals surface area contributed by atoms with Crippen LogP contribution < -0.4 is 4.90 Å². The summed E-state index contributed by atoms with van der Waals surface area (Å²) in [5.74, 6) is 2.86. The first kappa shape index (κ1) is 13.0. The molecule has 0 radical (unpaired) electrons. The highest BCUT2D eigenvalue weighted by atomic mass is 15.2. The van der Waals surface area contributed by atoms with Gasteiger partial charge >= 0.3 is 0 Å². The normalized spacial score (nSPS) is 16.6. The number of anilines is 1. The lowest BCUT2D eigenvalue weighted by atomic mass is 9.93. The van der Waals surface area contributed by atoms with Crippen LogP contribution in [0.2, 0.25) is 0 Å². The van der Waals surface area contributed by atoms with Crippen molar-refractivity contribution in [3.8, 4) is 0 Å². The van der Waals surface area contributed by atoms with Crippen LogP contribution in [0.4, 0.5) is 5.82 Å². The molecule has 6 nitrogen and oxygen atoms in total. The maximum Gasteiger partial charge on any atom is 0.134 e. The third-order valence-electron chi connectivity index (χ3n) is 4.06. The predicted octanol–water partition coefficient (Wildman–Crippen LogP) is 1.37. The Balaban J connectivity index is 1.60. The van der Waals surface area contributed by atoms with Gasteiger partial charge in [0.05, 0.1) is 0 Å². The van der Waals surface area contributed by atoms with Crippen molar-refractivity contribution >= 4 is 5.82 Å². The van der Waals surface area contributed by atoms with Crippen molar-refractivity contribution in [3.05, 3.63) is 30.2 Å². The first-order valence-corrected chi connectivity index (χ1v) is 7.08. The van der Waals surface area contributed by atoms with E-state index in [-0.39, 0.29) is 0 Å². The minimum atomic E-state index is 0.691. The van der Waals surface area contributed by atoms with Crippen LogP contribution in [0.3, 0.4) is 0 Å². The summed E-state index contributed by atoms with van der Waals surface area (Å²) in [5, 5.41) is 8.13. The fraction of sp³-hybridized carbons (Fsp3) is 0.571. The zero-order valence-electron chi connectivity index (χ0n) is 12.0. The van der Waals surface area contributed by atoms with Crippen molar-refractivity contribution in [1.29, 1.82) is 0 Å². The highest BCUT2D eigenvalue weighted by Crippen LogP contribution is 2.25. The first-order valence-electron chi connectivity index (χ1n) is 7.08. The molecule has 1 aliphatic heterocycles. The number of hydrogen-bond donors (Lipinski definition) is 0. The van der Waals surface area contributed by atoms with E-state index < -0.39 is 0 Å². The van der Waals surface area contributed by atoms with Crippen molar-refractivity contribution in [3.63, 3.8) is 0 Å². The molecule has 2 aromatic heterocycles. The van der Waals surface area contributed by atoms with E-state index in [9.17, 15) is 0 Å². The van der Waals surface area contributed by atoms with E-state index >= 15 is 0 Å². The molecule has 106 valence electrons. The van der Waals surface area contributed by atoms with Gasteiger partial charge in [0, 0.05) is 38.3 Å². The third-order valence-corrected chi connectivity index (χ3v) is 4.06. The number of rotatable bonds is 3. The monoisotopic (exact) mass is 272 g/mol. The second-order valence-electron chi connectivity index (χ2n) is 5.52. The predicted molar refractivity (Wildman–Crippen MR) is 76.4 cm³/mol. The fourth-order valence-corrected chi connectivity index (χ4v) is 2.82. The molecule has 0 aromatic carbocycles. The van der Waals surface area contributed by atoms with Gasteiger partial charge in [0.25, 0.3) is 0 Å². The molecular formula is C14H20N6. The minimum absolute atomic E-state index is 0.691. The standard InChI is InChI=1S/C14H20N6/c1-11-8-15-9-16-14(11)20-5-3-12(4-6-20)7-13-18-17-10-19(13)2/h8-10,12H,3-7H2,1-2H3. The Hall–Kier alpha value is -1.98.